The Kier molecular flexibility index (Phi) is 5.53. The summed E-state index contributed by atoms with van der Waals surface area (Å²) in [7, 11) is 0. The third-order valence-corrected chi connectivity index (χ3v) is 7.26. The normalized spacial score (nSPS) is 19.6. The highest BCUT2D eigenvalue weighted by Crippen LogP contribution is 2.46. The highest BCUT2D eigenvalue weighted by molar-refractivity contribution is 7.80. The van der Waals surface area contributed by atoms with E-state index in [1.54, 1.807) is 0 Å². The molecule has 1 saturated carbocycles. The summed E-state index contributed by atoms with van der Waals surface area (Å²) in [6, 6.07) is 27.0. The number of aromatic nitrogens is 2. The fraction of sp³-hybridized carbons (Fsp3) is 0.241. The SMILES string of the molecule is Cc1cc([C@@H]2[C@H](c3ccccn3)NC(=S)N2c2ccc(Oc3ccccc3)cc2)c(C)n1C1CC1. The third kappa shape index (κ3) is 4.08. The van der Waals surface area contributed by atoms with E-state index in [0.717, 1.165) is 22.9 Å². The van der Waals surface area contributed by atoms with Gasteiger partial charge in [-0.15, -0.1) is 0 Å². The zero-order valence-electron chi connectivity index (χ0n) is 19.9. The molecule has 1 aliphatic carbocycles. The van der Waals surface area contributed by atoms with Crippen LogP contribution in [0.1, 0.15) is 53.6 Å². The molecule has 0 amide bonds. The van der Waals surface area contributed by atoms with Crippen LogP contribution < -0.4 is 15.0 Å². The Balaban J connectivity index is 1.39. The minimum atomic E-state index is -0.0444. The molecule has 2 aromatic heterocycles. The van der Waals surface area contributed by atoms with E-state index in [-0.39, 0.29) is 12.1 Å². The molecule has 1 saturated heterocycles. The van der Waals surface area contributed by atoms with Gasteiger partial charge in [0.1, 0.15) is 11.5 Å². The van der Waals surface area contributed by atoms with Crippen molar-refractivity contribution in [1.82, 2.24) is 14.9 Å². The molecule has 2 fully saturated rings. The van der Waals surface area contributed by atoms with Gasteiger partial charge in [0.15, 0.2) is 5.11 Å². The summed E-state index contributed by atoms with van der Waals surface area (Å²) in [5, 5.41) is 4.28. The van der Waals surface area contributed by atoms with Gasteiger partial charge in [0, 0.05) is 29.3 Å². The van der Waals surface area contributed by atoms with E-state index in [2.05, 4.69) is 52.9 Å². The van der Waals surface area contributed by atoms with Crippen molar-refractivity contribution in [2.45, 2.75) is 44.8 Å². The Morgan fingerprint density at radius 3 is 2.31 bits per heavy atom. The van der Waals surface area contributed by atoms with Crippen LogP contribution in [0.3, 0.4) is 0 Å². The fourth-order valence-electron chi connectivity index (χ4n) is 5.25. The predicted octanol–water partition coefficient (Wildman–Crippen LogP) is 6.80. The maximum absolute atomic E-state index is 6.02. The lowest BCUT2D eigenvalue weighted by atomic mass is 9.96. The highest BCUT2D eigenvalue weighted by atomic mass is 32.1. The van der Waals surface area contributed by atoms with E-state index in [1.807, 2.05) is 60.8 Å². The van der Waals surface area contributed by atoms with Gasteiger partial charge in [0.2, 0.25) is 0 Å². The van der Waals surface area contributed by atoms with Crippen molar-refractivity contribution in [3.8, 4) is 11.5 Å². The Labute approximate surface area is 211 Å². The topological polar surface area (TPSA) is 42.3 Å². The number of nitrogens with one attached hydrogen (secondary N) is 1. The second-order valence-electron chi connectivity index (χ2n) is 9.33. The quantitative estimate of drug-likeness (QED) is 0.307. The Morgan fingerprint density at radius 2 is 1.63 bits per heavy atom. The zero-order valence-corrected chi connectivity index (χ0v) is 20.7. The lowest BCUT2D eigenvalue weighted by Crippen LogP contribution is -2.29. The molecule has 0 spiro atoms. The molecule has 176 valence electrons. The first kappa shape index (κ1) is 21.9. The Bertz CT molecular complexity index is 1350. The highest BCUT2D eigenvalue weighted by Gasteiger charge is 2.43. The maximum atomic E-state index is 6.02. The number of aryl methyl sites for hydroxylation is 1. The van der Waals surface area contributed by atoms with Gasteiger partial charge in [0.05, 0.1) is 17.8 Å². The van der Waals surface area contributed by atoms with Crippen molar-refractivity contribution in [3.63, 3.8) is 0 Å². The van der Waals surface area contributed by atoms with Gasteiger partial charge in [-0.05, 0) is 99.1 Å². The molecular weight excluding hydrogens is 452 g/mol. The van der Waals surface area contributed by atoms with Crippen LogP contribution in [0.2, 0.25) is 0 Å². The van der Waals surface area contributed by atoms with E-state index in [4.69, 9.17) is 21.9 Å². The minimum absolute atomic E-state index is 0.00279. The van der Waals surface area contributed by atoms with E-state index in [0.29, 0.717) is 11.2 Å². The van der Waals surface area contributed by atoms with Crippen LogP contribution >= 0.6 is 12.2 Å². The molecule has 35 heavy (non-hydrogen) atoms. The number of hydrogen-bond donors (Lipinski definition) is 1. The summed E-state index contributed by atoms with van der Waals surface area (Å²) in [6.07, 6.45) is 4.36. The van der Waals surface area contributed by atoms with Crippen LogP contribution in [0, 0.1) is 13.8 Å². The number of thiocarbonyl (C=S) groups is 1. The molecular formula is C29H28N4OS. The standard InChI is InChI=1S/C29H28N4OS/c1-19-18-25(20(2)32(19)21-11-12-21)28-27(26-10-6-7-17-30-26)31-29(35)33(28)22-13-15-24(16-14-22)34-23-8-4-3-5-9-23/h3-10,13-18,21,27-28H,11-12H2,1-2H3,(H,31,35)/t27-,28+/m0/s1. The number of para-hydroxylation sites is 1. The Hall–Kier alpha value is -3.64. The fourth-order valence-corrected chi connectivity index (χ4v) is 5.59. The van der Waals surface area contributed by atoms with E-state index < -0.39 is 0 Å². The maximum Gasteiger partial charge on any atom is 0.174 e. The number of rotatable bonds is 6. The second-order valence-corrected chi connectivity index (χ2v) is 9.72. The third-order valence-electron chi connectivity index (χ3n) is 6.95. The van der Waals surface area contributed by atoms with Crippen LogP contribution in [0.5, 0.6) is 11.5 Å². The summed E-state index contributed by atoms with van der Waals surface area (Å²) < 4.78 is 8.52. The van der Waals surface area contributed by atoms with Crippen molar-refractivity contribution < 1.29 is 4.74 Å². The number of nitrogens with zero attached hydrogens (tertiary/aromatic N) is 3. The number of hydrogen-bond acceptors (Lipinski definition) is 3. The van der Waals surface area contributed by atoms with Gasteiger partial charge >= 0.3 is 0 Å². The van der Waals surface area contributed by atoms with Crippen molar-refractivity contribution in [2.75, 3.05) is 4.90 Å². The molecule has 5 nitrogen and oxygen atoms in total. The zero-order chi connectivity index (χ0) is 23.9. The van der Waals surface area contributed by atoms with Gasteiger partial charge in [-0.2, -0.15) is 0 Å². The van der Waals surface area contributed by atoms with Gasteiger partial charge in [0.25, 0.3) is 0 Å². The van der Waals surface area contributed by atoms with Crippen LogP contribution in [0.25, 0.3) is 0 Å². The van der Waals surface area contributed by atoms with Crippen LogP contribution in [-0.4, -0.2) is 14.7 Å². The lowest BCUT2D eigenvalue weighted by molar-refractivity contribution is 0.482. The first-order chi connectivity index (χ1) is 17.1. The average molecular weight is 481 g/mol. The Morgan fingerprint density at radius 1 is 0.914 bits per heavy atom. The van der Waals surface area contributed by atoms with Gasteiger partial charge in [-0.3, -0.25) is 4.98 Å². The summed E-state index contributed by atoms with van der Waals surface area (Å²) in [5.74, 6) is 1.61. The van der Waals surface area contributed by atoms with Gasteiger partial charge in [-0.1, -0.05) is 24.3 Å². The monoisotopic (exact) mass is 480 g/mol. The van der Waals surface area contributed by atoms with E-state index in [9.17, 15) is 0 Å². The molecule has 6 rings (SSSR count). The van der Waals surface area contributed by atoms with Crippen LogP contribution in [0.4, 0.5) is 5.69 Å². The predicted molar refractivity (Wildman–Crippen MR) is 143 cm³/mol. The second kappa shape index (κ2) is 8.86. The number of benzene rings is 2. The number of pyridine rings is 1. The largest absolute Gasteiger partial charge is 0.457 e. The molecule has 0 radical (unpaired) electrons. The molecule has 3 heterocycles. The lowest BCUT2D eigenvalue weighted by Gasteiger charge is -2.28. The summed E-state index contributed by atoms with van der Waals surface area (Å²) >= 11 is 5.91. The number of ether oxygens (including phenoxy) is 1. The van der Waals surface area contributed by atoms with Crippen LogP contribution in [0.15, 0.2) is 85.1 Å². The van der Waals surface area contributed by atoms with Gasteiger partial charge < -0.3 is 19.5 Å². The molecule has 2 aromatic carbocycles. The minimum Gasteiger partial charge on any atom is -0.457 e. The first-order valence-corrected chi connectivity index (χ1v) is 12.5. The molecule has 2 atom stereocenters. The molecule has 4 aromatic rings. The average Bonchev–Trinajstić information content (AvgIpc) is 3.59. The van der Waals surface area contributed by atoms with Crippen LogP contribution in [-0.2, 0) is 0 Å². The van der Waals surface area contributed by atoms with Crippen molar-refractivity contribution in [1.29, 1.82) is 0 Å². The van der Waals surface area contributed by atoms with Gasteiger partial charge in [-0.25, -0.2) is 0 Å². The molecule has 1 aliphatic heterocycles. The summed E-state index contributed by atoms with van der Waals surface area (Å²) in [5.41, 5.74) is 5.94. The molecule has 2 aliphatic rings. The van der Waals surface area contributed by atoms with Crippen molar-refractivity contribution in [3.05, 3.63) is 108 Å². The molecule has 0 bridgehead atoms. The van der Waals surface area contributed by atoms with E-state index in [1.165, 1.54) is 29.8 Å². The molecule has 0 unspecified atom stereocenters. The smallest absolute Gasteiger partial charge is 0.174 e. The van der Waals surface area contributed by atoms with E-state index >= 15 is 0 Å². The first-order valence-electron chi connectivity index (χ1n) is 12.1. The summed E-state index contributed by atoms with van der Waals surface area (Å²) in [6.45, 7) is 4.46. The molecule has 6 heteroatoms. The number of anilines is 1. The summed E-state index contributed by atoms with van der Waals surface area (Å²) in [4.78, 5) is 6.93. The molecule has 1 N–H and O–H groups in total. The van der Waals surface area contributed by atoms with Crippen molar-refractivity contribution in [2.24, 2.45) is 0 Å². The van der Waals surface area contributed by atoms with Crippen molar-refractivity contribution >= 4 is 23.0 Å².